The Morgan fingerprint density at radius 3 is 2.37 bits per heavy atom. The molecule has 0 unspecified atom stereocenters. The van der Waals surface area contributed by atoms with Gasteiger partial charge >= 0.3 is 0 Å². The maximum Gasteiger partial charge on any atom is 0.245 e. The van der Waals surface area contributed by atoms with Gasteiger partial charge in [-0.15, -0.1) is 0 Å². The molecule has 0 radical (unpaired) electrons. The fraction of sp³-hybridized carbons (Fsp3) is 0.581. The molecule has 4 amide bonds. The van der Waals surface area contributed by atoms with Gasteiger partial charge in [-0.05, 0) is 43.4 Å². The van der Waals surface area contributed by atoms with Gasteiger partial charge in [0, 0.05) is 38.0 Å². The lowest BCUT2D eigenvalue weighted by Crippen LogP contribution is -2.53. The summed E-state index contributed by atoms with van der Waals surface area (Å²) >= 11 is 0. The van der Waals surface area contributed by atoms with Crippen LogP contribution in [-0.4, -0.2) is 70.7 Å². The van der Waals surface area contributed by atoms with Crippen LogP contribution in [0.4, 0.5) is 15.9 Å². The minimum absolute atomic E-state index is 0.0539. The number of anilines is 2. The largest absolute Gasteiger partial charge is 0.378 e. The number of rotatable bonds is 11. The minimum Gasteiger partial charge on any atom is -0.378 e. The van der Waals surface area contributed by atoms with Crippen LogP contribution in [0.5, 0.6) is 0 Å². The van der Waals surface area contributed by atoms with E-state index in [9.17, 15) is 19.2 Å². The van der Waals surface area contributed by atoms with Crippen LogP contribution < -0.4 is 16.0 Å². The molecule has 2 aromatic rings. The number of carbonyl (C=O) groups excluding carboxylic acids is 4. The summed E-state index contributed by atoms with van der Waals surface area (Å²) < 4.78 is 22.5. The van der Waals surface area contributed by atoms with E-state index in [4.69, 9.17) is 4.74 Å². The summed E-state index contributed by atoms with van der Waals surface area (Å²) in [6, 6.07) is 5.14. The normalized spacial score (nSPS) is 17.9. The van der Waals surface area contributed by atoms with E-state index in [2.05, 4.69) is 21.0 Å². The number of amides is 4. The second-order valence-electron chi connectivity index (χ2n) is 11.3. The lowest BCUT2D eigenvalue weighted by molar-refractivity contribution is -0.140. The van der Waals surface area contributed by atoms with Gasteiger partial charge in [0.25, 0.3) is 0 Å². The molecule has 1 aliphatic heterocycles. The van der Waals surface area contributed by atoms with Gasteiger partial charge in [0.05, 0.1) is 25.1 Å². The molecule has 1 aromatic carbocycles. The molecule has 1 saturated carbocycles. The first-order chi connectivity index (χ1) is 20.7. The Balaban J connectivity index is 1.52. The second-order valence-corrected chi connectivity index (χ2v) is 11.3. The fourth-order valence-electron chi connectivity index (χ4n) is 5.88. The van der Waals surface area contributed by atoms with Crippen molar-refractivity contribution in [1.29, 1.82) is 0 Å². The Bertz CT molecular complexity index is 1290. The highest BCUT2D eigenvalue weighted by molar-refractivity contribution is 6.10. The zero-order chi connectivity index (χ0) is 30.9. The Hall–Kier alpha value is -3.80. The molecular formula is C31H43FN6O5. The van der Waals surface area contributed by atoms with Crippen molar-refractivity contribution >= 4 is 35.1 Å². The van der Waals surface area contributed by atoms with Gasteiger partial charge in [0.1, 0.15) is 23.6 Å². The standard InChI is InChI=1S/C31H43FN6O5/c1-4-26(39)36-28(31(42)37-15-17-43-18-16-37)20(3)22-11-12-24(23(32)19-22)34-29(40)27(21-9-7-6-8-10-21)30(41)35-25-13-14-33-38(25)5-2/h11-14,19-21,27-28H,4-10,15-18H2,1-3H3,(H,34,40)(H,35,41)(H,36,39)/t20-,27-,28+/m0/s1. The quantitative estimate of drug-likeness (QED) is 0.338. The second kappa shape index (κ2) is 15.1. The number of hydrogen-bond donors (Lipinski definition) is 3. The summed E-state index contributed by atoms with van der Waals surface area (Å²) in [5, 5.41) is 12.5. The molecule has 4 rings (SSSR count). The summed E-state index contributed by atoms with van der Waals surface area (Å²) in [5.41, 5.74) is 0.440. The number of aromatic nitrogens is 2. The molecule has 2 fully saturated rings. The zero-order valence-corrected chi connectivity index (χ0v) is 25.2. The first-order valence-electron chi connectivity index (χ1n) is 15.3. The van der Waals surface area contributed by atoms with E-state index in [0.29, 0.717) is 44.2 Å². The summed E-state index contributed by atoms with van der Waals surface area (Å²) in [6.07, 6.45) is 6.16. The number of ether oxygens (including phenoxy) is 1. The number of hydrogen-bond acceptors (Lipinski definition) is 6. The molecule has 2 aliphatic rings. The molecule has 3 atom stereocenters. The predicted molar refractivity (Wildman–Crippen MR) is 160 cm³/mol. The number of nitrogens with zero attached hydrogens (tertiary/aromatic N) is 3. The molecule has 1 saturated heterocycles. The molecule has 43 heavy (non-hydrogen) atoms. The highest BCUT2D eigenvalue weighted by atomic mass is 19.1. The lowest BCUT2D eigenvalue weighted by atomic mass is 9.79. The number of benzene rings is 1. The van der Waals surface area contributed by atoms with Crippen molar-refractivity contribution in [1.82, 2.24) is 20.0 Å². The third kappa shape index (κ3) is 7.98. The van der Waals surface area contributed by atoms with Crippen LogP contribution in [0.15, 0.2) is 30.5 Å². The van der Waals surface area contributed by atoms with E-state index in [-0.39, 0.29) is 29.8 Å². The first kappa shape index (κ1) is 32.1. The summed E-state index contributed by atoms with van der Waals surface area (Å²) in [5.74, 6) is -3.44. The minimum atomic E-state index is -1.00. The van der Waals surface area contributed by atoms with Crippen LogP contribution in [-0.2, 0) is 30.5 Å². The summed E-state index contributed by atoms with van der Waals surface area (Å²) in [7, 11) is 0. The van der Waals surface area contributed by atoms with Crippen LogP contribution in [0.3, 0.4) is 0 Å². The van der Waals surface area contributed by atoms with Gasteiger partial charge in [-0.25, -0.2) is 9.07 Å². The average Bonchev–Trinajstić information content (AvgIpc) is 3.48. The average molecular weight is 599 g/mol. The first-order valence-corrected chi connectivity index (χ1v) is 15.3. The smallest absolute Gasteiger partial charge is 0.245 e. The van der Waals surface area contributed by atoms with Crippen LogP contribution >= 0.6 is 0 Å². The molecule has 234 valence electrons. The molecular weight excluding hydrogens is 555 g/mol. The van der Waals surface area contributed by atoms with E-state index in [1.165, 1.54) is 12.1 Å². The van der Waals surface area contributed by atoms with Gasteiger partial charge in [-0.2, -0.15) is 5.10 Å². The van der Waals surface area contributed by atoms with Gasteiger partial charge in [-0.3, -0.25) is 19.2 Å². The predicted octanol–water partition coefficient (Wildman–Crippen LogP) is 3.67. The van der Waals surface area contributed by atoms with Gasteiger partial charge in [0.2, 0.25) is 23.6 Å². The van der Waals surface area contributed by atoms with Crippen molar-refractivity contribution in [3.05, 3.63) is 41.8 Å². The maximum absolute atomic E-state index is 15.5. The fourth-order valence-corrected chi connectivity index (χ4v) is 5.88. The van der Waals surface area contributed by atoms with Crippen molar-refractivity contribution in [3.63, 3.8) is 0 Å². The molecule has 0 bridgehead atoms. The van der Waals surface area contributed by atoms with E-state index in [1.54, 1.807) is 41.8 Å². The Kier molecular flexibility index (Phi) is 11.3. The number of morpholine rings is 1. The molecule has 2 heterocycles. The third-order valence-electron chi connectivity index (χ3n) is 8.46. The van der Waals surface area contributed by atoms with Gasteiger partial charge in [-0.1, -0.05) is 39.2 Å². The van der Waals surface area contributed by atoms with Crippen molar-refractivity contribution in [2.75, 3.05) is 36.9 Å². The molecule has 0 spiro atoms. The molecule has 1 aliphatic carbocycles. The lowest BCUT2D eigenvalue weighted by Gasteiger charge is -2.33. The molecule has 12 heteroatoms. The third-order valence-corrected chi connectivity index (χ3v) is 8.46. The van der Waals surface area contributed by atoms with Gasteiger partial charge < -0.3 is 25.6 Å². The SMILES string of the molecule is CCC(=O)N[C@@H](C(=O)N1CCOCC1)[C@@H](C)c1ccc(NC(=O)[C@@H](C(=O)Nc2ccnn2CC)C2CCCCC2)c(F)c1. The summed E-state index contributed by atoms with van der Waals surface area (Å²) in [4.78, 5) is 54.3. The Labute approximate surface area is 251 Å². The van der Waals surface area contributed by atoms with E-state index >= 15 is 4.39 Å². The monoisotopic (exact) mass is 598 g/mol. The maximum atomic E-state index is 15.5. The van der Waals surface area contributed by atoms with Crippen LogP contribution in [0.1, 0.15) is 70.8 Å². The van der Waals surface area contributed by atoms with Crippen molar-refractivity contribution in [2.45, 2.75) is 77.8 Å². The van der Waals surface area contributed by atoms with Gasteiger partial charge in [0.15, 0.2) is 0 Å². The van der Waals surface area contributed by atoms with Crippen molar-refractivity contribution < 1.29 is 28.3 Å². The highest BCUT2D eigenvalue weighted by Crippen LogP contribution is 2.33. The van der Waals surface area contributed by atoms with E-state index in [0.717, 1.165) is 32.1 Å². The molecule has 3 N–H and O–H groups in total. The highest BCUT2D eigenvalue weighted by Gasteiger charge is 2.37. The number of halogens is 1. The number of nitrogens with one attached hydrogen (secondary N) is 3. The van der Waals surface area contributed by atoms with Crippen LogP contribution in [0.25, 0.3) is 0 Å². The summed E-state index contributed by atoms with van der Waals surface area (Å²) in [6.45, 7) is 7.59. The van der Waals surface area contributed by atoms with E-state index < -0.39 is 35.5 Å². The van der Waals surface area contributed by atoms with Crippen LogP contribution in [0, 0.1) is 17.7 Å². The Morgan fingerprint density at radius 2 is 1.72 bits per heavy atom. The topological polar surface area (TPSA) is 135 Å². The number of aryl methyl sites for hydroxylation is 1. The zero-order valence-electron chi connectivity index (χ0n) is 25.2. The van der Waals surface area contributed by atoms with Crippen LogP contribution in [0.2, 0.25) is 0 Å². The van der Waals surface area contributed by atoms with Crippen molar-refractivity contribution in [2.24, 2.45) is 11.8 Å². The Morgan fingerprint density at radius 1 is 1.02 bits per heavy atom. The number of carbonyl (C=O) groups is 4. The molecule has 1 aromatic heterocycles. The molecule has 11 nitrogen and oxygen atoms in total. The van der Waals surface area contributed by atoms with Crippen molar-refractivity contribution in [3.8, 4) is 0 Å². The van der Waals surface area contributed by atoms with E-state index in [1.807, 2.05) is 6.92 Å².